The molecule has 0 amide bonds. The van der Waals surface area contributed by atoms with Crippen LogP contribution in [0.4, 0.5) is 0 Å². The van der Waals surface area contributed by atoms with E-state index in [-0.39, 0.29) is 0 Å². The number of aromatic nitrogens is 1. The minimum absolute atomic E-state index is 0.463. The van der Waals surface area contributed by atoms with Crippen LogP contribution in [0.5, 0.6) is 0 Å². The molecule has 12 heavy (non-hydrogen) atoms. The van der Waals surface area contributed by atoms with E-state index >= 15 is 0 Å². The van der Waals surface area contributed by atoms with Crippen LogP contribution in [0.3, 0.4) is 0 Å². The minimum atomic E-state index is 0.463. The molecule has 0 bridgehead atoms. The second-order valence-corrected chi connectivity index (χ2v) is 3.82. The molecule has 1 aliphatic carbocycles. The Morgan fingerprint density at radius 3 is 2.58 bits per heavy atom. The van der Waals surface area contributed by atoms with Gasteiger partial charge in [0.15, 0.2) is 0 Å². The summed E-state index contributed by atoms with van der Waals surface area (Å²) < 4.78 is 2.25. The molecule has 1 fully saturated rings. The van der Waals surface area contributed by atoms with Crippen LogP contribution < -0.4 is 5.73 Å². The standard InChI is InChI=1S/C10H16N2/c11-10-4-3-9(7-10)8-12-5-1-2-6-12/h1-2,5-6,9-10H,3-4,7-8,11H2. The van der Waals surface area contributed by atoms with Gasteiger partial charge in [0.2, 0.25) is 0 Å². The van der Waals surface area contributed by atoms with E-state index in [1.165, 1.54) is 19.3 Å². The van der Waals surface area contributed by atoms with Crippen molar-refractivity contribution >= 4 is 0 Å². The number of rotatable bonds is 2. The summed E-state index contributed by atoms with van der Waals surface area (Å²) in [5.41, 5.74) is 5.84. The molecular formula is C10H16N2. The van der Waals surface area contributed by atoms with Crippen LogP contribution >= 0.6 is 0 Å². The minimum Gasteiger partial charge on any atom is -0.354 e. The fourth-order valence-corrected chi connectivity index (χ4v) is 2.07. The van der Waals surface area contributed by atoms with E-state index in [4.69, 9.17) is 5.73 Å². The molecule has 0 aliphatic heterocycles. The van der Waals surface area contributed by atoms with Crippen molar-refractivity contribution in [3.63, 3.8) is 0 Å². The van der Waals surface area contributed by atoms with Crippen molar-refractivity contribution in [3.8, 4) is 0 Å². The van der Waals surface area contributed by atoms with Gasteiger partial charge in [-0.25, -0.2) is 0 Å². The van der Waals surface area contributed by atoms with E-state index in [0.29, 0.717) is 6.04 Å². The summed E-state index contributed by atoms with van der Waals surface area (Å²) in [6, 6.07) is 4.62. The SMILES string of the molecule is NC1CCC(Cn2cccc2)C1. The normalized spacial score (nSPS) is 29.4. The van der Waals surface area contributed by atoms with Crippen LogP contribution in [0.25, 0.3) is 0 Å². The fourth-order valence-electron chi connectivity index (χ4n) is 2.07. The van der Waals surface area contributed by atoms with Gasteiger partial charge in [-0.1, -0.05) is 0 Å². The van der Waals surface area contributed by atoms with E-state index in [0.717, 1.165) is 12.5 Å². The smallest absolute Gasteiger partial charge is 0.0248 e. The maximum absolute atomic E-state index is 5.84. The molecule has 0 aromatic carbocycles. The van der Waals surface area contributed by atoms with Gasteiger partial charge in [0.1, 0.15) is 0 Å². The second-order valence-electron chi connectivity index (χ2n) is 3.82. The van der Waals surface area contributed by atoms with Crippen molar-refractivity contribution in [1.82, 2.24) is 4.57 Å². The Kier molecular flexibility index (Phi) is 2.17. The van der Waals surface area contributed by atoms with Gasteiger partial charge in [-0.05, 0) is 37.3 Å². The average molecular weight is 164 g/mol. The zero-order chi connectivity index (χ0) is 8.39. The summed E-state index contributed by atoms with van der Waals surface area (Å²) in [5, 5.41) is 0. The zero-order valence-electron chi connectivity index (χ0n) is 7.32. The van der Waals surface area contributed by atoms with Crippen LogP contribution in [0.2, 0.25) is 0 Å². The number of nitrogens with zero attached hydrogens (tertiary/aromatic N) is 1. The van der Waals surface area contributed by atoms with Gasteiger partial charge in [0, 0.05) is 25.0 Å². The second kappa shape index (κ2) is 3.31. The molecule has 1 saturated carbocycles. The van der Waals surface area contributed by atoms with Crippen LogP contribution in [-0.4, -0.2) is 10.6 Å². The predicted molar refractivity (Wildman–Crippen MR) is 49.7 cm³/mol. The van der Waals surface area contributed by atoms with Gasteiger partial charge in [0.25, 0.3) is 0 Å². The molecule has 66 valence electrons. The quantitative estimate of drug-likeness (QED) is 0.707. The highest BCUT2D eigenvalue weighted by Gasteiger charge is 2.21. The Bertz CT molecular complexity index is 228. The Balaban J connectivity index is 1.88. The topological polar surface area (TPSA) is 30.9 Å². The largest absolute Gasteiger partial charge is 0.354 e. The van der Waals surface area contributed by atoms with Crippen LogP contribution in [-0.2, 0) is 6.54 Å². The van der Waals surface area contributed by atoms with Crippen LogP contribution in [0, 0.1) is 5.92 Å². The van der Waals surface area contributed by atoms with Gasteiger partial charge < -0.3 is 10.3 Å². The average Bonchev–Trinajstić information content (AvgIpc) is 2.63. The molecule has 1 aliphatic rings. The van der Waals surface area contributed by atoms with Crippen molar-refractivity contribution in [2.24, 2.45) is 11.7 Å². The molecule has 2 nitrogen and oxygen atoms in total. The van der Waals surface area contributed by atoms with E-state index in [9.17, 15) is 0 Å². The lowest BCUT2D eigenvalue weighted by Crippen LogP contribution is -2.16. The molecule has 1 heterocycles. The van der Waals surface area contributed by atoms with E-state index < -0.39 is 0 Å². The van der Waals surface area contributed by atoms with Crippen molar-refractivity contribution in [2.75, 3.05) is 0 Å². The molecule has 0 saturated heterocycles. The monoisotopic (exact) mass is 164 g/mol. The maximum atomic E-state index is 5.84. The number of hydrogen-bond acceptors (Lipinski definition) is 1. The predicted octanol–water partition coefficient (Wildman–Crippen LogP) is 1.62. The van der Waals surface area contributed by atoms with Crippen LogP contribution in [0.15, 0.2) is 24.5 Å². The van der Waals surface area contributed by atoms with Gasteiger partial charge in [-0.2, -0.15) is 0 Å². The molecule has 2 N–H and O–H groups in total. The number of hydrogen-bond donors (Lipinski definition) is 1. The first-order chi connectivity index (χ1) is 5.84. The summed E-state index contributed by atoms with van der Waals surface area (Å²) in [6.07, 6.45) is 7.98. The highest BCUT2D eigenvalue weighted by Crippen LogP contribution is 2.25. The van der Waals surface area contributed by atoms with Crippen molar-refractivity contribution in [3.05, 3.63) is 24.5 Å². The third kappa shape index (κ3) is 1.69. The molecular weight excluding hydrogens is 148 g/mol. The number of nitrogens with two attached hydrogens (primary N) is 1. The van der Waals surface area contributed by atoms with Crippen molar-refractivity contribution in [2.45, 2.75) is 31.8 Å². The zero-order valence-corrected chi connectivity index (χ0v) is 7.32. The molecule has 0 radical (unpaired) electrons. The van der Waals surface area contributed by atoms with Crippen molar-refractivity contribution < 1.29 is 0 Å². The van der Waals surface area contributed by atoms with E-state index in [2.05, 4.69) is 29.1 Å². The summed E-state index contributed by atoms with van der Waals surface area (Å²) >= 11 is 0. The summed E-state index contributed by atoms with van der Waals surface area (Å²) in [6.45, 7) is 1.15. The Labute approximate surface area is 73.4 Å². The first-order valence-electron chi connectivity index (χ1n) is 4.71. The lowest BCUT2D eigenvalue weighted by molar-refractivity contribution is 0.452. The third-order valence-corrected chi connectivity index (χ3v) is 2.72. The molecule has 2 unspecified atom stereocenters. The summed E-state index contributed by atoms with van der Waals surface area (Å²) in [5.74, 6) is 0.812. The van der Waals surface area contributed by atoms with Gasteiger partial charge in [0.05, 0.1) is 0 Å². The molecule has 0 spiro atoms. The van der Waals surface area contributed by atoms with Gasteiger partial charge in [-0.3, -0.25) is 0 Å². The molecule has 2 heteroatoms. The molecule has 2 rings (SSSR count). The lowest BCUT2D eigenvalue weighted by atomic mass is 10.1. The maximum Gasteiger partial charge on any atom is 0.0248 e. The Hall–Kier alpha value is -0.760. The third-order valence-electron chi connectivity index (χ3n) is 2.72. The summed E-state index contributed by atoms with van der Waals surface area (Å²) in [4.78, 5) is 0. The Morgan fingerprint density at radius 2 is 2.00 bits per heavy atom. The highest BCUT2D eigenvalue weighted by molar-refractivity contribution is 4.91. The molecule has 2 atom stereocenters. The molecule has 1 aromatic rings. The van der Waals surface area contributed by atoms with Gasteiger partial charge >= 0.3 is 0 Å². The van der Waals surface area contributed by atoms with Gasteiger partial charge in [-0.15, -0.1) is 0 Å². The van der Waals surface area contributed by atoms with Crippen molar-refractivity contribution in [1.29, 1.82) is 0 Å². The Morgan fingerprint density at radius 1 is 1.25 bits per heavy atom. The lowest BCUT2D eigenvalue weighted by Gasteiger charge is -2.09. The first-order valence-corrected chi connectivity index (χ1v) is 4.71. The van der Waals surface area contributed by atoms with E-state index in [1.54, 1.807) is 0 Å². The molecule has 1 aromatic heterocycles. The van der Waals surface area contributed by atoms with E-state index in [1.807, 2.05) is 0 Å². The first kappa shape index (κ1) is 7.87. The highest BCUT2D eigenvalue weighted by atomic mass is 14.9. The fraction of sp³-hybridized carbons (Fsp3) is 0.600. The summed E-state index contributed by atoms with van der Waals surface area (Å²) in [7, 11) is 0. The van der Waals surface area contributed by atoms with Crippen LogP contribution in [0.1, 0.15) is 19.3 Å².